The first-order chi connectivity index (χ1) is 13.8. The Morgan fingerprint density at radius 2 is 0.897 bits per heavy atom. The summed E-state index contributed by atoms with van der Waals surface area (Å²) >= 11 is 0. The number of rotatable bonds is 22. The molecule has 0 amide bonds. The van der Waals surface area contributed by atoms with E-state index in [2.05, 4.69) is 12.2 Å². The van der Waals surface area contributed by atoms with Crippen molar-refractivity contribution in [3.63, 3.8) is 0 Å². The Kier molecular flexibility index (Phi) is 18.8. The zero-order chi connectivity index (χ0) is 21.8. The Labute approximate surface area is 183 Å². The molecule has 4 N–H and O–H groups in total. The van der Waals surface area contributed by atoms with Gasteiger partial charge < -0.3 is 23.9 Å². The van der Waals surface area contributed by atoms with Gasteiger partial charge in [-0.1, -0.05) is 103 Å². The van der Waals surface area contributed by atoms with Crippen LogP contribution in [0.3, 0.4) is 0 Å². The van der Waals surface area contributed by atoms with Gasteiger partial charge in [0, 0.05) is 13.0 Å². The molecule has 0 spiro atoms. The molecule has 0 fully saturated rings. The van der Waals surface area contributed by atoms with Crippen molar-refractivity contribution in [2.45, 2.75) is 116 Å². The van der Waals surface area contributed by atoms with E-state index in [1.54, 1.807) is 14.1 Å². The van der Waals surface area contributed by atoms with E-state index in [0.717, 1.165) is 19.5 Å². The van der Waals surface area contributed by atoms with E-state index in [9.17, 15) is 14.4 Å². The molecule has 0 aliphatic carbocycles. The molecule has 0 aromatic rings. The van der Waals surface area contributed by atoms with Crippen LogP contribution >= 0.6 is 0 Å². The van der Waals surface area contributed by atoms with Gasteiger partial charge in [-0.3, -0.25) is 0 Å². The average molecular weight is 434 g/mol. The average Bonchev–Trinajstić information content (AvgIpc) is 2.65. The van der Waals surface area contributed by atoms with Crippen LogP contribution in [0.1, 0.15) is 116 Å². The summed E-state index contributed by atoms with van der Waals surface area (Å²) in [6, 6.07) is 0. The molecule has 0 rings (SSSR count). The molecule has 29 heavy (non-hydrogen) atoms. The van der Waals surface area contributed by atoms with Crippen molar-refractivity contribution >= 4 is 8.97 Å². The van der Waals surface area contributed by atoms with Gasteiger partial charge in [-0.15, -0.1) is 0 Å². The zero-order valence-corrected chi connectivity index (χ0v) is 20.9. The van der Waals surface area contributed by atoms with Crippen LogP contribution in [-0.2, 0) is 0 Å². The van der Waals surface area contributed by atoms with Crippen LogP contribution in [0.5, 0.6) is 0 Å². The van der Waals surface area contributed by atoms with Crippen LogP contribution in [0, 0.1) is 0 Å². The third-order valence-electron chi connectivity index (χ3n) is 6.09. The van der Waals surface area contributed by atoms with Crippen LogP contribution < -0.4 is 5.32 Å². The summed E-state index contributed by atoms with van der Waals surface area (Å²) in [5, 5.41) is 3.42. The van der Waals surface area contributed by atoms with Crippen LogP contribution in [0.25, 0.3) is 0 Å². The molecule has 0 saturated heterocycles. The number of nitrogens with one attached hydrogen (secondary N) is 1. The van der Waals surface area contributed by atoms with Crippen molar-refractivity contribution in [2.24, 2.45) is 0 Å². The van der Waals surface area contributed by atoms with Gasteiger partial charge in [0.05, 0.1) is 20.6 Å². The van der Waals surface area contributed by atoms with Gasteiger partial charge in [0.15, 0.2) is 0 Å². The summed E-state index contributed by atoms with van der Waals surface area (Å²) in [5.41, 5.74) is 0. The Balaban J connectivity index is 3.17. The molecular formula is C23H53N2O3Si+. The molecule has 0 heterocycles. The predicted molar refractivity (Wildman–Crippen MR) is 126 cm³/mol. The third kappa shape index (κ3) is 18.5. The molecule has 0 radical (unpaired) electrons. The van der Waals surface area contributed by atoms with Crippen molar-refractivity contribution in [3.8, 4) is 0 Å². The van der Waals surface area contributed by atoms with Gasteiger partial charge in [-0.25, -0.2) is 0 Å². The predicted octanol–water partition coefficient (Wildman–Crippen LogP) is 4.72. The maximum atomic E-state index is 9.41. The minimum absolute atomic E-state index is 0.0896. The summed E-state index contributed by atoms with van der Waals surface area (Å²) in [4.78, 5) is 28.2. The van der Waals surface area contributed by atoms with Gasteiger partial charge >= 0.3 is 8.97 Å². The van der Waals surface area contributed by atoms with Gasteiger partial charge in [0.2, 0.25) is 0 Å². The molecule has 6 heteroatoms. The number of hydrogen-bond donors (Lipinski definition) is 4. The van der Waals surface area contributed by atoms with Crippen LogP contribution in [0.4, 0.5) is 0 Å². The second-order valence-corrected chi connectivity index (χ2v) is 11.8. The zero-order valence-electron chi connectivity index (χ0n) is 19.9. The minimum atomic E-state index is -4.09. The van der Waals surface area contributed by atoms with E-state index in [0.29, 0.717) is 6.54 Å². The van der Waals surface area contributed by atoms with E-state index in [4.69, 9.17) is 0 Å². The van der Waals surface area contributed by atoms with E-state index in [-0.39, 0.29) is 4.15 Å². The summed E-state index contributed by atoms with van der Waals surface area (Å²) in [7, 11) is -0.753. The monoisotopic (exact) mass is 433 g/mol. The Bertz CT molecular complexity index is 350. The molecule has 0 saturated carbocycles. The summed E-state index contributed by atoms with van der Waals surface area (Å²) in [6.07, 6.45) is 23.1. The first-order valence-corrected chi connectivity index (χ1v) is 14.3. The van der Waals surface area contributed by atoms with Gasteiger partial charge in [0.1, 0.15) is 0 Å². The fourth-order valence-electron chi connectivity index (χ4n) is 3.67. The summed E-state index contributed by atoms with van der Waals surface area (Å²) in [6.45, 7) is 4.75. The van der Waals surface area contributed by atoms with Crippen LogP contribution in [0.2, 0.25) is 0 Å². The summed E-state index contributed by atoms with van der Waals surface area (Å²) < 4.78 is -0.0896. The highest BCUT2D eigenvalue weighted by Crippen LogP contribution is 2.13. The topological polar surface area (TPSA) is 72.7 Å². The van der Waals surface area contributed by atoms with Gasteiger partial charge in [0.25, 0.3) is 0 Å². The fraction of sp³-hybridized carbons (Fsp3) is 1.00. The molecular weight excluding hydrogens is 380 g/mol. The molecule has 0 unspecified atom stereocenters. The first-order valence-electron chi connectivity index (χ1n) is 12.5. The minimum Gasteiger partial charge on any atom is -0.341 e. The van der Waals surface area contributed by atoms with Crippen molar-refractivity contribution < 1.29 is 18.5 Å². The Hall–Kier alpha value is 0.0169. The quantitative estimate of drug-likeness (QED) is 0.147. The van der Waals surface area contributed by atoms with Crippen molar-refractivity contribution in [1.29, 1.82) is 0 Å². The van der Waals surface area contributed by atoms with E-state index in [1.165, 1.54) is 103 Å². The molecule has 0 aliphatic rings. The lowest BCUT2D eigenvalue weighted by Crippen LogP contribution is -2.65. The third-order valence-corrected chi connectivity index (χ3v) is 7.94. The van der Waals surface area contributed by atoms with Gasteiger partial charge in [-0.05, 0) is 13.0 Å². The SMILES string of the molecule is CCCCCCCCCCCCCCCCCCNCCC[N+](C)(C)[Si](O)(O)O. The maximum absolute atomic E-state index is 9.41. The van der Waals surface area contributed by atoms with E-state index < -0.39 is 8.97 Å². The lowest BCUT2D eigenvalue weighted by Gasteiger charge is -2.33. The first kappa shape index (κ1) is 29.0. The number of nitrogens with zero attached hydrogens (tertiary/aromatic N) is 1. The molecule has 0 aromatic heterocycles. The standard InChI is InChI=1S/C23H53N2O3Si/c1-4-5-6-7-8-9-10-11-12-13-14-15-16-17-18-19-21-24-22-20-23-25(2,3)29(26,27)28/h24,26-28H,4-23H2,1-3H3/q+1. The van der Waals surface area contributed by atoms with Crippen molar-refractivity contribution in [3.05, 3.63) is 0 Å². The normalized spacial score (nSPS) is 12.6. The van der Waals surface area contributed by atoms with E-state index in [1.807, 2.05) is 0 Å². The smallest absolute Gasteiger partial charge is 0.341 e. The molecule has 5 nitrogen and oxygen atoms in total. The lowest BCUT2D eigenvalue weighted by atomic mass is 10.0. The van der Waals surface area contributed by atoms with Gasteiger partial charge in [-0.2, -0.15) is 0 Å². The highest BCUT2D eigenvalue weighted by Gasteiger charge is 2.51. The Morgan fingerprint density at radius 3 is 1.28 bits per heavy atom. The molecule has 176 valence electrons. The van der Waals surface area contributed by atoms with Crippen molar-refractivity contribution in [2.75, 3.05) is 33.7 Å². The lowest BCUT2D eigenvalue weighted by molar-refractivity contribution is -0.818. The second kappa shape index (κ2) is 18.8. The summed E-state index contributed by atoms with van der Waals surface area (Å²) in [5.74, 6) is 0. The largest absolute Gasteiger partial charge is 0.775 e. The second-order valence-electron chi connectivity index (χ2n) is 9.42. The number of hydrogen-bond acceptors (Lipinski definition) is 4. The highest BCUT2D eigenvalue weighted by molar-refractivity contribution is 6.47. The van der Waals surface area contributed by atoms with E-state index >= 15 is 0 Å². The number of quaternary nitrogens is 1. The fourth-order valence-corrected chi connectivity index (χ4v) is 4.13. The highest BCUT2D eigenvalue weighted by atomic mass is 28.4. The number of unbranched alkanes of at least 4 members (excludes halogenated alkanes) is 15. The maximum Gasteiger partial charge on any atom is 0.775 e. The molecule has 0 atom stereocenters. The molecule has 0 aliphatic heterocycles. The molecule has 0 bridgehead atoms. The molecule has 0 aromatic carbocycles. The Morgan fingerprint density at radius 1 is 0.552 bits per heavy atom. The van der Waals surface area contributed by atoms with Crippen LogP contribution in [0.15, 0.2) is 0 Å². The van der Waals surface area contributed by atoms with Crippen LogP contribution in [-0.4, -0.2) is 61.2 Å². The van der Waals surface area contributed by atoms with Crippen molar-refractivity contribution in [1.82, 2.24) is 5.32 Å².